The molecule has 28 heavy (non-hydrogen) atoms. The van der Waals surface area contributed by atoms with Crippen LogP contribution >= 0.6 is 0 Å². The minimum atomic E-state index is -0.822. The van der Waals surface area contributed by atoms with Crippen LogP contribution in [0.3, 0.4) is 0 Å². The topological polar surface area (TPSA) is 0 Å². The van der Waals surface area contributed by atoms with E-state index in [-0.39, 0.29) is 11.4 Å². The Balaban J connectivity index is 1.80. The van der Waals surface area contributed by atoms with Gasteiger partial charge in [-0.25, -0.2) is 13.2 Å². The standard InChI is InChI=1S/C25H23F3/c1-3-5-20-13-14-21(25(28)24(20)27)12-8-18-6-10-19(11-7-18)22-15-9-17(4-2)16-23(22)26/h6-16H,3-5H2,1-2H3/b12-8+. The summed E-state index contributed by atoms with van der Waals surface area (Å²) in [4.78, 5) is 0. The van der Waals surface area contributed by atoms with Gasteiger partial charge < -0.3 is 0 Å². The Morgan fingerprint density at radius 1 is 0.786 bits per heavy atom. The smallest absolute Gasteiger partial charge is 0.166 e. The Morgan fingerprint density at radius 3 is 2.18 bits per heavy atom. The Bertz CT molecular complexity index is 985. The average molecular weight is 380 g/mol. The maximum absolute atomic E-state index is 14.3. The van der Waals surface area contributed by atoms with E-state index in [1.807, 2.05) is 44.2 Å². The van der Waals surface area contributed by atoms with Crippen molar-refractivity contribution in [1.29, 1.82) is 0 Å². The van der Waals surface area contributed by atoms with Crippen LogP contribution in [0.2, 0.25) is 0 Å². The molecule has 3 aromatic carbocycles. The molecule has 0 amide bonds. The van der Waals surface area contributed by atoms with Gasteiger partial charge in [0.1, 0.15) is 5.82 Å². The van der Waals surface area contributed by atoms with Gasteiger partial charge in [0.2, 0.25) is 0 Å². The molecule has 0 unspecified atom stereocenters. The zero-order chi connectivity index (χ0) is 20.1. The van der Waals surface area contributed by atoms with E-state index in [1.54, 1.807) is 36.4 Å². The zero-order valence-corrected chi connectivity index (χ0v) is 16.1. The lowest BCUT2D eigenvalue weighted by Crippen LogP contribution is -1.96. The van der Waals surface area contributed by atoms with E-state index in [0.29, 0.717) is 17.5 Å². The molecule has 0 radical (unpaired) electrons. The Kier molecular flexibility index (Phi) is 6.35. The molecule has 144 valence electrons. The van der Waals surface area contributed by atoms with Crippen LogP contribution in [0.15, 0.2) is 54.6 Å². The molecular formula is C25H23F3. The summed E-state index contributed by atoms with van der Waals surface area (Å²) in [6, 6.07) is 15.8. The van der Waals surface area contributed by atoms with Crippen molar-refractivity contribution in [2.24, 2.45) is 0 Å². The average Bonchev–Trinajstić information content (AvgIpc) is 2.71. The summed E-state index contributed by atoms with van der Waals surface area (Å²) in [7, 11) is 0. The number of aryl methyl sites for hydroxylation is 2. The first kappa shape index (κ1) is 19.9. The summed E-state index contributed by atoms with van der Waals surface area (Å²) in [5, 5.41) is 0. The second kappa shape index (κ2) is 8.92. The third kappa shape index (κ3) is 4.36. The van der Waals surface area contributed by atoms with E-state index in [2.05, 4.69) is 0 Å². The summed E-state index contributed by atoms with van der Waals surface area (Å²) >= 11 is 0. The number of halogens is 3. The summed E-state index contributed by atoms with van der Waals surface area (Å²) in [5.74, 6) is -1.84. The fourth-order valence-electron chi connectivity index (χ4n) is 3.17. The third-order valence-electron chi connectivity index (χ3n) is 4.83. The Labute approximate surface area is 164 Å². The van der Waals surface area contributed by atoms with Crippen LogP contribution in [0.1, 0.15) is 42.5 Å². The minimum Gasteiger partial charge on any atom is -0.206 e. The molecule has 0 saturated carbocycles. The molecule has 0 bridgehead atoms. The number of benzene rings is 3. The van der Waals surface area contributed by atoms with E-state index in [1.165, 1.54) is 0 Å². The quantitative estimate of drug-likeness (QED) is 0.389. The van der Waals surface area contributed by atoms with Gasteiger partial charge in [-0.1, -0.05) is 81.0 Å². The number of hydrogen-bond acceptors (Lipinski definition) is 0. The van der Waals surface area contributed by atoms with Crippen LogP contribution in [0, 0.1) is 17.5 Å². The number of rotatable bonds is 6. The van der Waals surface area contributed by atoms with Crippen LogP contribution < -0.4 is 0 Å². The molecule has 3 rings (SSSR count). The van der Waals surface area contributed by atoms with Crippen molar-refractivity contribution in [3.8, 4) is 11.1 Å². The highest BCUT2D eigenvalue weighted by Gasteiger charge is 2.11. The van der Waals surface area contributed by atoms with Crippen molar-refractivity contribution in [2.45, 2.75) is 33.1 Å². The Morgan fingerprint density at radius 2 is 1.54 bits per heavy atom. The summed E-state index contributed by atoms with van der Waals surface area (Å²) < 4.78 is 42.5. The molecule has 0 aliphatic rings. The lowest BCUT2D eigenvalue weighted by molar-refractivity contribution is 0.496. The first-order valence-corrected chi connectivity index (χ1v) is 9.57. The van der Waals surface area contributed by atoms with Gasteiger partial charge in [0, 0.05) is 11.1 Å². The molecular weight excluding hydrogens is 357 g/mol. The largest absolute Gasteiger partial charge is 0.206 e. The zero-order valence-electron chi connectivity index (χ0n) is 16.1. The molecule has 3 aromatic rings. The SMILES string of the molecule is CCCc1ccc(/C=C/c2ccc(-c3ccc(CC)cc3F)cc2)c(F)c1F. The second-order valence-corrected chi connectivity index (χ2v) is 6.81. The van der Waals surface area contributed by atoms with Gasteiger partial charge in [0.15, 0.2) is 11.6 Å². The van der Waals surface area contributed by atoms with Crippen LogP contribution in [-0.4, -0.2) is 0 Å². The predicted molar refractivity (Wildman–Crippen MR) is 110 cm³/mol. The Hall–Kier alpha value is -2.81. The maximum Gasteiger partial charge on any atom is 0.166 e. The van der Waals surface area contributed by atoms with Crippen molar-refractivity contribution in [3.05, 3.63) is 94.3 Å². The van der Waals surface area contributed by atoms with Gasteiger partial charge in [-0.3, -0.25) is 0 Å². The van der Waals surface area contributed by atoms with Crippen LogP contribution in [0.4, 0.5) is 13.2 Å². The lowest BCUT2D eigenvalue weighted by atomic mass is 10.0. The van der Waals surface area contributed by atoms with Crippen LogP contribution in [-0.2, 0) is 12.8 Å². The van der Waals surface area contributed by atoms with E-state index in [4.69, 9.17) is 0 Å². The van der Waals surface area contributed by atoms with Gasteiger partial charge in [0.25, 0.3) is 0 Å². The van der Waals surface area contributed by atoms with Gasteiger partial charge >= 0.3 is 0 Å². The molecule has 0 aliphatic carbocycles. The number of hydrogen-bond donors (Lipinski definition) is 0. The summed E-state index contributed by atoms with van der Waals surface area (Å²) in [5.41, 5.74) is 3.72. The maximum atomic E-state index is 14.3. The third-order valence-corrected chi connectivity index (χ3v) is 4.83. The lowest BCUT2D eigenvalue weighted by Gasteiger charge is -2.06. The van der Waals surface area contributed by atoms with Crippen molar-refractivity contribution >= 4 is 12.2 Å². The molecule has 0 fully saturated rings. The molecule has 0 aliphatic heterocycles. The van der Waals surface area contributed by atoms with E-state index < -0.39 is 11.6 Å². The molecule has 0 N–H and O–H groups in total. The monoisotopic (exact) mass is 380 g/mol. The van der Waals surface area contributed by atoms with E-state index in [0.717, 1.165) is 29.5 Å². The van der Waals surface area contributed by atoms with Gasteiger partial charge in [0.05, 0.1) is 0 Å². The summed E-state index contributed by atoms with van der Waals surface area (Å²) in [6.07, 6.45) is 5.35. The molecule has 0 atom stereocenters. The molecule has 0 nitrogen and oxygen atoms in total. The van der Waals surface area contributed by atoms with Crippen molar-refractivity contribution in [2.75, 3.05) is 0 Å². The first-order chi connectivity index (χ1) is 13.5. The molecule has 3 heteroatoms. The molecule has 0 saturated heterocycles. The summed E-state index contributed by atoms with van der Waals surface area (Å²) in [6.45, 7) is 3.92. The van der Waals surface area contributed by atoms with Gasteiger partial charge in [-0.05, 0) is 41.2 Å². The van der Waals surface area contributed by atoms with Crippen LogP contribution in [0.25, 0.3) is 23.3 Å². The van der Waals surface area contributed by atoms with Crippen LogP contribution in [0.5, 0.6) is 0 Å². The van der Waals surface area contributed by atoms with E-state index in [9.17, 15) is 13.2 Å². The minimum absolute atomic E-state index is 0.211. The second-order valence-electron chi connectivity index (χ2n) is 6.81. The first-order valence-electron chi connectivity index (χ1n) is 9.57. The van der Waals surface area contributed by atoms with Crippen molar-refractivity contribution in [1.82, 2.24) is 0 Å². The van der Waals surface area contributed by atoms with Gasteiger partial charge in [-0.15, -0.1) is 0 Å². The normalized spacial score (nSPS) is 11.3. The molecule has 0 aromatic heterocycles. The highest BCUT2D eigenvalue weighted by atomic mass is 19.2. The highest BCUT2D eigenvalue weighted by molar-refractivity contribution is 5.72. The highest BCUT2D eigenvalue weighted by Crippen LogP contribution is 2.25. The van der Waals surface area contributed by atoms with Crippen molar-refractivity contribution < 1.29 is 13.2 Å². The fraction of sp³-hybridized carbons (Fsp3) is 0.200. The molecule has 0 heterocycles. The predicted octanol–water partition coefficient (Wildman–Crippen LogP) is 7.46. The fourth-order valence-corrected chi connectivity index (χ4v) is 3.17. The van der Waals surface area contributed by atoms with E-state index >= 15 is 0 Å². The molecule has 0 spiro atoms. The van der Waals surface area contributed by atoms with Gasteiger partial charge in [-0.2, -0.15) is 0 Å². The van der Waals surface area contributed by atoms with Crippen molar-refractivity contribution in [3.63, 3.8) is 0 Å².